The fourth-order valence-corrected chi connectivity index (χ4v) is 9.48. The number of phosphoric acid groups is 1. The van der Waals surface area contributed by atoms with Crippen molar-refractivity contribution in [3.8, 4) is 0 Å². The molecule has 0 aliphatic carbocycles. The smallest absolute Gasteiger partial charge is 0.462 e. The van der Waals surface area contributed by atoms with Crippen LogP contribution >= 0.6 is 7.82 Å². The van der Waals surface area contributed by atoms with Gasteiger partial charge in [0.05, 0.1) is 13.2 Å². The molecule has 10 heteroatoms. The second-order valence-electron chi connectivity index (χ2n) is 21.6. The lowest BCUT2D eigenvalue weighted by Crippen LogP contribution is -2.29. The van der Waals surface area contributed by atoms with E-state index in [4.69, 9.17) is 24.3 Å². The predicted molar refractivity (Wildman–Crippen MR) is 366 cm³/mol. The van der Waals surface area contributed by atoms with Gasteiger partial charge in [-0.25, -0.2) is 4.57 Å². The Hall–Kier alpha value is -4.63. The lowest BCUT2D eigenvalue weighted by Gasteiger charge is -2.19. The van der Waals surface area contributed by atoms with Crippen molar-refractivity contribution in [1.29, 1.82) is 0 Å². The van der Waals surface area contributed by atoms with Crippen LogP contribution in [-0.2, 0) is 32.7 Å². The Labute approximate surface area is 521 Å². The fourth-order valence-electron chi connectivity index (χ4n) is 8.71. The van der Waals surface area contributed by atoms with Crippen molar-refractivity contribution in [2.45, 2.75) is 264 Å². The number of rotatable bonds is 61. The second-order valence-corrected chi connectivity index (χ2v) is 23.0. The summed E-state index contributed by atoms with van der Waals surface area (Å²) < 4.78 is 33.1. The van der Waals surface area contributed by atoms with Crippen molar-refractivity contribution in [2.24, 2.45) is 5.73 Å². The molecule has 0 aromatic carbocycles. The average molecular weight is 1200 g/mol. The molecule has 0 saturated carbocycles. The van der Waals surface area contributed by atoms with E-state index in [2.05, 4.69) is 184 Å². The molecule has 0 amide bonds. The number of carbonyl (C=O) groups is 2. The van der Waals surface area contributed by atoms with Crippen molar-refractivity contribution in [3.63, 3.8) is 0 Å². The summed E-state index contributed by atoms with van der Waals surface area (Å²) in [6.07, 6.45) is 101. The molecule has 0 radical (unpaired) electrons. The molecule has 0 bridgehead atoms. The molecule has 0 saturated heterocycles. The summed E-state index contributed by atoms with van der Waals surface area (Å²) in [6, 6.07) is 0. The normalized spacial score (nSPS) is 14.1. The number of esters is 2. The third-order valence-electron chi connectivity index (χ3n) is 13.6. The summed E-state index contributed by atoms with van der Waals surface area (Å²) in [5.41, 5.74) is 5.40. The molecule has 0 fully saturated rings. The Bertz CT molecular complexity index is 2000. The highest BCUT2D eigenvalue weighted by Crippen LogP contribution is 2.43. The molecule has 2 atom stereocenters. The number of nitrogens with two attached hydrogens (primary N) is 1. The topological polar surface area (TPSA) is 134 Å². The van der Waals surface area contributed by atoms with Crippen LogP contribution in [0.1, 0.15) is 258 Å². The Kier molecular flexibility index (Phi) is 64.8. The highest BCUT2D eigenvalue weighted by Gasteiger charge is 2.26. The molecular weight excluding hydrogens is 1070 g/mol. The van der Waals surface area contributed by atoms with E-state index in [1.54, 1.807) is 0 Å². The van der Waals surface area contributed by atoms with Gasteiger partial charge in [-0.2, -0.15) is 0 Å². The molecule has 480 valence electrons. The zero-order valence-electron chi connectivity index (χ0n) is 53.8. The molecule has 9 nitrogen and oxygen atoms in total. The SMILES string of the molecule is CC/C=C\C/C=C\C/C=C\C/C=C\C/C=C\C/C=C\C/C=C\C/C=C\C/C=C\CCCCCCCC(=O)OC(COC(=O)CCCCCCCCCCCCCCCCC/C=C\C/C=C\C/C=C\C/C=C\C/C=C\CC)COP(=O)(O)OCCN. The molecule has 0 heterocycles. The number of ether oxygens (including phenoxy) is 2. The Morgan fingerprint density at radius 2 is 0.612 bits per heavy atom. The summed E-state index contributed by atoms with van der Waals surface area (Å²) in [7, 11) is -4.41. The maximum atomic E-state index is 12.8. The second kappa shape index (κ2) is 68.5. The van der Waals surface area contributed by atoms with Crippen LogP contribution in [0.15, 0.2) is 170 Å². The van der Waals surface area contributed by atoms with Crippen LogP contribution < -0.4 is 5.73 Å². The van der Waals surface area contributed by atoms with Gasteiger partial charge in [0.15, 0.2) is 6.10 Å². The zero-order valence-corrected chi connectivity index (χ0v) is 54.7. The van der Waals surface area contributed by atoms with E-state index in [0.717, 1.165) is 141 Å². The van der Waals surface area contributed by atoms with Crippen LogP contribution in [0.3, 0.4) is 0 Å². The number of allylic oxidation sites excluding steroid dienone is 28. The number of hydrogen-bond acceptors (Lipinski definition) is 8. The lowest BCUT2D eigenvalue weighted by molar-refractivity contribution is -0.161. The van der Waals surface area contributed by atoms with Crippen LogP contribution in [0.5, 0.6) is 0 Å². The maximum Gasteiger partial charge on any atom is 0.472 e. The van der Waals surface area contributed by atoms with E-state index in [0.29, 0.717) is 6.42 Å². The van der Waals surface area contributed by atoms with E-state index >= 15 is 0 Å². The highest BCUT2D eigenvalue weighted by atomic mass is 31.2. The van der Waals surface area contributed by atoms with E-state index in [-0.39, 0.29) is 32.6 Å². The van der Waals surface area contributed by atoms with Crippen molar-refractivity contribution in [1.82, 2.24) is 0 Å². The lowest BCUT2D eigenvalue weighted by atomic mass is 10.0. The number of hydrogen-bond donors (Lipinski definition) is 2. The van der Waals surface area contributed by atoms with Gasteiger partial charge < -0.3 is 20.1 Å². The van der Waals surface area contributed by atoms with Gasteiger partial charge in [-0.1, -0.05) is 287 Å². The third-order valence-corrected chi connectivity index (χ3v) is 14.6. The molecule has 0 aromatic rings. The first-order chi connectivity index (χ1) is 41.8. The van der Waals surface area contributed by atoms with Crippen molar-refractivity contribution in [2.75, 3.05) is 26.4 Å². The van der Waals surface area contributed by atoms with Gasteiger partial charge >= 0.3 is 19.8 Å². The number of phosphoric ester groups is 1. The van der Waals surface area contributed by atoms with Crippen molar-refractivity contribution in [3.05, 3.63) is 170 Å². The molecule has 0 aliphatic rings. The van der Waals surface area contributed by atoms with Crippen molar-refractivity contribution >= 4 is 19.8 Å². The van der Waals surface area contributed by atoms with E-state index in [9.17, 15) is 19.0 Å². The van der Waals surface area contributed by atoms with E-state index in [1.165, 1.54) is 83.5 Å². The van der Waals surface area contributed by atoms with Gasteiger partial charge in [-0.15, -0.1) is 0 Å². The highest BCUT2D eigenvalue weighted by molar-refractivity contribution is 7.47. The monoisotopic (exact) mass is 1200 g/mol. The van der Waals surface area contributed by atoms with Crippen LogP contribution in [0, 0.1) is 0 Å². The molecule has 3 N–H and O–H groups in total. The summed E-state index contributed by atoms with van der Waals surface area (Å²) in [6.45, 7) is 3.49. The first kappa shape index (κ1) is 80.4. The Morgan fingerprint density at radius 3 is 0.906 bits per heavy atom. The van der Waals surface area contributed by atoms with Crippen LogP contribution in [-0.4, -0.2) is 49.3 Å². The molecule has 0 aliphatic heterocycles. The quantitative estimate of drug-likeness (QED) is 0.0264. The van der Waals surface area contributed by atoms with Gasteiger partial charge in [0, 0.05) is 19.4 Å². The van der Waals surface area contributed by atoms with Gasteiger partial charge in [-0.3, -0.25) is 18.6 Å². The van der Waals surface area contributed by atoms with Crippen LogP contribution in [0.2, 0.25) is 0 Å². The predicted octanol–water partition coefficient (Wildman–Crippen LogP) is 22.2. The minimum absolute atomic E-state index is 0.0415. The summed E-state index contributed by atoms with van der Waals surface area (Å²) in [4.78, 5) is 35.3. The summed E-state index contributed by atoms with van der Waals surface area (Å²) in [5, 5.41) is 0. The summed E-state index contributed by atoms with van der Waals surface area (Å²) in [5.74, 6) is -0.858. The Morgan fingerprint density at radius 1 is 0.353 bits per heavy atom. The minimum atomic E-state index is -4.41. The van der Waals surface area contributed by atoms with E-state index < -0.39 is 32.5 Å². The molecule has 0 aromatic heterocycles. The molecule has 0 rings (SSSR count). The van der Waals surface area contributed by atoms with E-state index in [1.807, 2.05) is 0 Å². The number of carbonyl (C=O) groups excluding carboxylic acids is 2. The standard InChI is InChI=1S/C75H122NO8P/c1-3-5-7-9-11-13-15-17-19-21-23-25-27-29-31-33-35-36-38-40-42-44-46-48-50-52-54-56-58-60-62-64-66-68-75(78)84-73(72-83-85(79,80)82-70-69-76)71-81-74(77)67-65-63-61-59-57-55-53-51-49-47-45-43-41-39-37-34-32-30-28-26-24-22-20-18-16-14-12-10-8-6-4-2/h5-8,11-14,17-20,23-26,29-32,35-36,40,42,46,48,52,54,73H,3-4,9-10,15-16,21-22,27-28,33-34,37-39,41,43-45,47,49-51,53,55-72,76H2,1-2H3,(H,79,80)/b7-5-,8-6-,13-11-,14-12-,19-17-,20-18-,25-23-,26-24-,31-29-,32-30-,36-35-,42-40-,48-46-,54-52-. The molecule has 0 spiro atoms. The Balaban J connectivity index is 4.01. The molecular formula is C75H122NO8P. The minimum Gasteiger partial charge on any atom is -0.462 e. The van der Waals surface area contributed by atoms with Crippen molar-refractivity contribution < 1.29 is 37.6 Å². The maximum absolute atomic E-state index is 12.8. The summed E-state index contributed by atoms with van der Waals surface area (Å²) >= 11 is 0. The average Bonchev–Trinajstić information content (AvgIpc) is 3.52. The first-order valence-electron chi connectivity index (χ1n) is 33.6. The first-order valence-corrected chi connectivity index (χ1v) is 35.1. The fraction of sp³-hybridized carbons (Fsp3) is 0.600. The molecule has 2 unspecified atom stereocenters. The van der Waals surface area contributed by atoms with Gasteiger partial charge in [0.25, 0.3) is 0 Å². The van der Waals surface area contributed by atoms with Crippen LogP contribution in [0.4, 0.5) is 0 Å². The van der Waals surface area contributed by atoms with Crippen LogP contribution in [0.25, 0.3) is 0 Å². The largest absolute Gasteiger partial charge is 0.472 e. The number of unbranched alkanes of at least 4 members (excludes halogenated alkanes) is 20. The zero-order chi connectivity index (χ0) is 61.6. The third kappa shape index (κ3) is 68.4. The van der Waals surface area contributed by atoms with Gasteiger partial charge in [0.2, 0.25) is 0 Å². The molecule has 85 heavy (non-hydrogen) atoms. The van der Waals surface area contributed by atoms with Gasteiger partial charge in [-0.05, 0) is 128 Å². The van der Waals surface area contributed by atoms with Gasteiger partial charge in [0.1, 0.15) is 6.61 Å².